The van der Waals surface area contributed by atoms with E-state index in [1.165, 1.54) is 0 Å². The lowest BCUT2D eigenvalue weighted by Crippen LogP contribution is -2.44. The van der Waals surface area contributed by atoms with Crippen molar-refractivity contribution in [3.63, 3.8) is 0 Å². The van der Waals surface area contributed by atoms with E-state index in [1.807, 2.05) is 12.1 Å². The van der Waals surface area contributed by atoms with Crippen LogP contribution >= 0.6 is 0 Å². The van der Waals surface area contributed by atoms with Crippen LogP contribution in [0, 0.1) is 0 Å². The zero-order valence-electron chi connectivity index (χ0n) is 9.69. The summed E-state index contributed by atoms with van der Waals surface area (Å²) in [5.74, 6) is 1.58. The molecule has 0 amide bonds. The maximum atomic E-state index is 5.71. The van der Waals surface area contributed by atoms with Gasteiger partial charge < -0.3 is 19.7 Å². The lowest BCUT2D eigenvalue weighted by atomic mass is 10.2. The van der Waals surface area contributed by atoms with Gasteiger partial charge in [-0.25, -0.2) is 0 Å². The molecule has 0 aromatic heterocycles. The predicted octanol–water partition coefficient (Wildman–Crippen LogP) is 0.152. The third-order valence-electron chi connectivity index (χ3n) is 3.09. The molecule has 0 aliphatic carbocycles. The topological polar surface area (TPSA) is 59.8 Å². The number of benzene rings is 1. The van der Waals surface area contributed by atoms with Crippen LogP contribution in [0.3, 0.4) is 0 Å². The van der Waals surface area contributed by atoms with Gasteiger partial charge in [-0.05, 0) is 12.1 Å². The number of hydrogen-bond donors (Lipinski definition) is 2. The molecule has 5 heteroatoms. The van der Waals surface area contributed by atoms with Gasteiger partial charge in [0, 0.05) is 26.2 Å². The van der Waals surface area contributed by atoms with Crippen molar-refractivity contribution in [1.29, 1.82) is 0 Å². The summed E-state index contributed by atoms with van der Waals surface area (Å²) in [5.41, 5.74) is 6.81. The van der Waals surface area contributed by atoms with Gasteiger partial charge in [-0.2, -0.15) is 0 Å². The molecule has 0 saturated carbocycles. The highest BCUT2D eigenvalue weighted by Gasteiger charge is 2.23. The van der Waals surface area contributed by atoms with Gasteiger partial charge in [0.2, 0.25) is 0 Å². The lowest BCUT2D eigenvalue weighted by Gasteiger charge is -2.33. The summed E-state index contributed by atoms with van der Waals surface area (Å²) in [6.45, 7) is 4.40. The molecule has 2 aliphatic heterocycles. The second-order valence-electron chi connectivity index (χ2n) is 4.31. The van der Waals surface area contributed by atoms with Gasteiger partial charge in [0.05, 0.1) is 5.69 Å². The Morgan fingerprint density at radius 3 is 2.94 bits per heavy atom. The number of para-hydroxylation sites is 1. The molecule has 17 heavy (non-hydrogen) atoms. The highest BCUT2D eigenvalue weighted by Crippen LogP contribution is 2.40. The highest BCUT2D eigenvalue weighted by atomic mass is 16.6. The largest absolute Gasteiger partial charge is 0.482 e. The van der Waals surface area contributed by atoms with Crippen LogP contribution in [0.25, 0.3) is 0 Å². The predicted molar refractivity (Wildman–Crippen MR) is 65.6 cm³/mol. The summed E-state index contributed by atoms with van der Waals surface area (Å²) >= 11 is 0. The van der Waals surface area contributed by atoms with Crippen molar-refractivity contribution < 1.29 is 9.47 Å². The fourth-order valence-corrected chi connectivity index (χ4v) is 2.26. The molecule has 1 aromatic carbocycles. The Morgan fingerprint density at radius 1 is 1.29 bits per heavy atom. The smallest absolute Gasteiger partial charge is 0.184 e. The van der Waals surface area contributed by atoms with Gasteiger partial charge in [0.25, 0.3) is 0 Å². The number of hydrogen-bond acceptors (Lipinski definition) is 5. The van der Waals surface area contributed by atoms with Gasteiger partial charge in [-0.15, -0.1) is 0 Å². The normalized spacial score (nSPS) is 23.6. The van der Waals surface area contributed by atoms with E-state index in [0.29, 0.717) is 6.61 Å². The molecule has 2 aliphatic rings. The number of fused-ring (bicyclic) bond motifs is 1. The Balaban J connectivity index is 1.91. The van der Waals surface area contributed by atoms with Crippen molar-refractivity contribution in [2.24, 2.45) is 5.73 Å². The fraction of sp³-hybridized carbons (Fsp3) is 0.500. The van der Waals surface area contributed by atoms with Crippen LogP contribution < -0.4 is 25.4 Å². The first kappa shape index (κ1) is 10.7. The van der Waals surface area contributed by atoms with Crippen LogP contribution in [0.2, 0.25) is 0 Å². The molecule has 5 nitrogen and oxygen atoms in total. The molecule has 1 saturated heterocycles. The minimum absolute atomic E-state index is 0.360. The van der Waals surface area contributed by atoms with Gasteiger partial charge in [-0.1, -0.05) is 6.07 Å². The molecule has 0 spiro atoms. The number of rotatable bonds is 1. The van der Waals surface area contributed by atoms with E-state index < -0.39 is 0 Å². The van der Waals surface area contributed by atoms with E-state index in [9.17, 15) is 0 Å². The Morgan fingerprint density at radius 2 is 2.12 bits per heavy atom. The first-order valence-electron chi connectivity index (χ1n) is 5.98. The molecule has 1 fully saturated rings. The SMILES string of the molecule is NC1COc2c(cccc2N2CCNCC2)O1. The summed E-state index contributed by atoms with van der Waals surface area (Å²) in [5, 5.41) is 3.34. The second kappa shape index (κ2) is 4.43. The van der Waals surface area contributed by atoms with Crippen LogP contribution in [-0.2, 0) is 0 Å². The van der Waals surface area contributed by atoms with Crippen LogP contribution in [0.5, 0.6) is 11.5 Å². The number of ether oxygens (including phenoxy) is 2. The highest BCUT2D eigenvalue weighted by molar-refractivity contribution is 5.65. The molecule has 3 rings (SSSR count). The van der Waals surface area contributed by atoms with Crippen LogP contribution in [0.1, 0.15) is 0 Å². The molecule has 1 atom stereocenters. The Bertz CT molecular complexity index is 405. The van der Waals surface area contributed by atoms with E-state index in [-0.39, 0.29) is 6.23 Å². The minimum Gasteiger partial charge on any atom is -0.482 e. The van der Waals surface area contributed by atoms with E-state index in [0.717, 1.165) is 43.4 Å². The third-order valence-corrected chi connectivity index (χ3v) is 3.09. The quantitative estimate of drug-likeness (QED) is 0.725. The van der Waals surface area contributed by atoms with Crippen molar-refractivity contribution in [3.8, 4) is 11.5 Å². The average Bonchev–Trinajstić information content (AvgIpc) is 2.39. The van der Waals surface area contributed by atoms with Gasteiger partial charge in [-0.3, -0.25) is 5.73 Å². The molecular weight excluding hydrogens is 218 g/mol. The first-order chi connectivity index (χ1) is 8.34. The van der Waals surface area contributed by atoms with Crippen molar-refractivity contribution in [3.05, 3.63) is 18.2 Å². The summed E-state index contributed by atoms with van der Waals surface area (Å²) in [6, 6.07) is 5.96. The van der Waals surface area contributed by atoms with E-state index in [4.69, 9.17) is 15.2 Å². The summed E-state index contributed by atoms with van der Waals surface area (Å²) in [7, 11) is 0. The maximum Gasteiger partial charge on any atom is 0.184 e. The van der Waals surface area contributed by atoms with Crippen LogP contribution in [-0.4, -0.2) is 39.0 Å². The second-order valence-corrected chi connectivity index (χ2v) is 4.31. The van der Waals surface area contributed by atoms with Crippen LogP contribution in [0.4, 0.5) is 5.69 Å². The Kier molecular flexibility index (Phi) is 2.78. The molecule has 1 aromatic rings. The zero-order valence-corrected chi connectivity index (χ0v) is 9.69. The van der Waals surface area contributed by atoms with Crippen molar-refractivity contribution >= 4 is 5.69 Å². The van der Waals surface area contributed by atoms with Crippen molar-refractivity contribution in [1.82, 2.24) is 5.32 Å². The van der Waals surface area contributed by atoms with E-state index in [2.05, 4.69) is 16.3 Å². The van der Waals surface area contributed by atoms with Crippen molar-refractivity contribution in [2.45, 2.75) is 6.23 Å². The Labute approximate surface area is 100 Å². The molecular formula is C12H17N3O2. The number of nitrogens with one attached hydrogen (secondary N) is 1. The van der Waals surface area contributed by atoms with Gasteiger partial charge >= 0.3 is 0 Å². The molecule has 2 heterocycles. The number of nitrogens with zero attached hydrogens (tertiary/aromatic N) is 1. The molecule has 3 N–H and O–H groups in total. The number of piperazine rings is 1. The summed E-state index contributed by atoms with van der Waals surface area (Å²) in [6.07, 6.45) is -0.360. The molecule has 1 unspecified atom stereocenters. The lowest BCUT2D eigenvalue weighted by molar-refractivity contribution is 0.0961. The molecule has 0 radical (unpaired) electrons. The van der Waals surface area contributed by atoms with E-state index >= 15 is 0 Å². The maximum absolute atomic E-state index is 5.71. The summed E-state index contributed by atoms with van der Waals surface area (Å²) in [4.78, 5) is 2.32. The zero-order chi connectivity index (χ0) is 11.7. The number of nitrogens with two attached hydrogens (primary N) is 1. The minimum atomic E-state index is -0.360. The summed E-state index contributed by atoms with van der Waals surface area (Å²) < 4.78 is 11.3. The van der Waals surface area contributed by atoms with Crippen LogP contribution in [0.15, 0.2) is 18.2 Å². The van der Waals surface area contributed by atoms with Crippen molar-refractivity contribution in [2.75, 3.05) is 37.7 Å². The first-order valence-corrected chi connectivity index (χ1v) is 5.98. The monoisotopic (exact) mass is 235 g/mol. The Hall–Kier alpha value is -1.46. The van der Waals surface area contributed by atoms with Gasteiger partial charge in [0.1, 0.15) is 6.61 Å². The molecule has 0 bridgehead atoms. The number of anilines is 1. The standard InChI is InChI=1S/C12H17N3O2/c13-11-8-16-12-9(2-1-3-10(12)17-11)15-6-4-14-5-7-15/h1-3,11,14H,4-8,13H2. The van der Waals surface area contributed by atoms with Gasteiger partial charge in [0.15, 0.2) is 17.7 Å². The fourth-order valence-electron chi connectivity index (χ4n) is 2.26. The molecule has 92 valence electrons. The average molecular weight is 235 g/mol. The van der Waals surface area contributed by atoms with E-state index in [1.54, 1.807) is 0 Å². The third kappa shape index (κ3) is 2.03.